The van der Waals surface area contributed by atoms with E-state index in [1.165, 1.54) is 6.92 Å². The Balaban J connectivity index is 4.76. The maximum Gasteiger partial charge on any atom is 0.488 e. The highest BCUT2D eigenvalue weighted by molar-refractivity contribution is 7.68. The molecule has 0 saturated heterocycles. The van der Waals surface area contributed by atoms with Gasteiger partial charge in [0.15, 0.2) is 0 Å². The van der Waals surface area contributed by atoms with Crippen molar-refractivity contribution in [2.24, 2.45) is 0 Å². The van der Waals surface area contributed by atoms with E-state index in [9.17, 15) is 18.6 Å². The molecular weight excluding hydrogens is 297 g/mol. The van der Waals surface area contributed by atoms with Gasteiger partial charge in [0.1, 0.15) is 0 Å². The lowest BCUT2D eigenvalue weighted by molar-refractivity contribution is 0.221. The first kappa shape index (κ1) is 17.4. The summed E-state index contributed by atoms with van der Waals surface area (Å²) in [6, 6.07) is 0. The summed E-state index contributed by atoms with van der Waals surface area (Å²) in [5, 5.41) is 0. The van der Waals surface area contributed by atoms with Crippen LogP contribution in [0.25, 0.3) is 0 Å². The molecule has 3 atom stereocenters. The van der Waals surface area contributed by atoms with E-state index >= 15 is 0 Å². The van der Waals surface area contributed by atoms with Crippen molar-refractivity contribution in [1.29, 1.82) is 0 Å². The minimum Gasteiger partial charge on any atom is -0.324 e. The summed E-state index contributed by atoms with van der Waals surface area (Å²) in [6.45, 7) is 3.03. The molecule has 0 aliphatic heterocycles. The standard InChI is InChI=1S/C5H15O9P3/c1-3-4-5(2)15(6,7)13-17(11,12)14-16(8,9)10/h5H,3-4H2,1-2H3,(H,6,7)(H,11,12)(H2,8,9,10). The number of hydrogen-bond acceptors (Lipinski definition) is 5. The molecule has 0 heterocycles. The summed E-state index contributed by atoms with van der Waals surface area (Å²) in [6.07, 6.45) is 0.772. The molecular formula is C5H15O9P3. The van der Waals surface area contributed by atoms with Gasteiger partial charge in [-0.05, 0) is 6.42 Å². The van der Waals surface area contributed by atoms with Crippen LogP contribution in [0.5, 0.6) is 0 Å². The van der Waals surface area contributed by atoms with Crippen LogP contribution >= 0.6 is 23.2 Å². The molecule has 0 aromatic heterocycles. The fourth-order valence-corrected chi connectivity index (χ4v) is 4.83. The van der Waals surface area contributed by atoms with Crippen LogP contribution in [0, 0.1) is 0 Å². The molecule has 4 N–H and O–H groups in total. The zero-order valence-electron chi connectivity index (χ0n) is 9.16. The molecule has 3 unspecified atom stereocenters. The largest absolute Gasteiger partial charge is 0.488 e. The molecule has 0 saturated carbocycles. The lowest BCUT2D eigenvalue weighted by Gasteiger charge is -2.20. The molecule has 0 rings (SSSR count). The van der Waals surface area contributed by atoms with Gasteiger partial charge in [0.05, 0.1) is 5.66 Å². The van der Waals surface area contributed by atoms with Crippen molar-refractivity contribution in [1.82, 2.24) is 0 Å². The van der Waals surface area contributed by atoms with Crippen LogP contribution in [-0.4, -0.2) is 25.2 Å². The van der Waals surface area contributed by atoms with Gasteiger partial charge >= 0.3 is 23.2 Å². The summed E-state index contributed by atoms with van der Waals surface area (Å²) >= 11 is 0. The Bertz CT molecular complexity index is 386. The molecule has 12 heteroatoms. The van der Waals surface area contributed by atoms with Gasteiger partial charge in [0.25, 0.3) is 0 Å². The number of hydrogen-bond donors (Lipinski definition) is 4. The van der Waals surface area contributed by atoms with E-state index in [2.05, 4.69) is 8.62 Å². The van der Waals surface area contributed by atoms with E-state index in [1.54, 1.807) is 6.92 Å². The van der Waals surface area contributed by atoms with Crippen molar-refractivity contribution >= 4 is 23.2 Å². The summed E-state index contributed by atoms with van der Waals surface area (Å²) in [5.74, 6) is 0. The SMILES string of the molecule is CCCC(C)P(=O)(O)OP(=O)(O)OP(=O)(O)O. The first-order chi connectivity index (χ1) is 7.40. The lowest BCUT2D eigenvalue weighted by Crippen LogP contribution is -2.05. The van der Waals surface area contributed by atoms with Crippen molar-refractivity contribution in [3.63, 3.8) is 0 Å². The molecule has 0 aliphatic carbocycles. The average molecular weight is 312 g/mol. The fourth-order valence-electron chi connectivity index (χ4n) is 0.959. The quantitative estimate of drug-likeness (QED) is 0.513. The van der Waals surface area contributed by atoms with Crippen LogP contribution in [-0.2, 0) is 22.3 Å². The lowest BCUT2D eigenvalue weighted by atomic mass is 10.3. The Morgan fingerprint density at radius 1 is 1.06 bits per heavy atom. The minimum absolute atomic E-state index is 0.240. The molecule has 0 aromatic rings. The highest BCUT2D eigenvalue weighted by Crippen LogP contribution is 2.67. The predicted octanol–water partition coefficient (Wildman–Crippen LogP) is 1.59. The average Bonchev–Trinajstić information content (AvgIpc) is 1.96. The van der Waals surface area contributed by atoms with E-state index in [-0.39, 0.29) is 6.42 Å². The van der Waals surface area contributed by atoms with Gasteiger partial charge in [-0.3, -0.25) is 4.57 Å². The van der Waals surface area contributed by atoms with Crippen molar-refractivity contribution in [2.75, 3.05) is 0 Å². The summed E-state index contributed by atoms with van der Waals surface area (Å²) < 4.78 is 40.2. The molecule has 0 aromatic carbocycles. The molecule has 0 amide bonds. The molecule has 104 valence electrons. The van der Waals surface area contributed by atoms with E-state index < -0.39 is 28.9 Å². The Labute approximate surface area is 98.2 Å². The van der Waals surface area contributed by atoms with Crippen LogP contribution in [0.1, 0.15) is 26.7 Å². The normalized spacial score (nSPS) is 21.5. The van der Waals surface area contributed by atoms with Gasteiger partial charge in [0, 0.05) is 0 Å². The zero-order valence-corrected chi connectivity index (χ0v) is 11.8. The Hall–Kier alpha value is 0.450. The Morgan fingerprint density at radius 2 is 1.53 bits per heavy atom. The second kappa shape index (κ2) is 6.06. The molecule has 17 heavy (non-hydrogen) atoms. The van der Waals surface area contributed by atoms with Crippen molar-refractivity contribution < 1.29 is 41.9 Å². The maximum atomic E-state index is 11.5. The van der Waals surface area contributed by atoms with Crippen molar-refractivity contribution in [3.8, 4) is 0 Å². The molecule has 0 spiro atoms. The van der Waals surface area contributed by atoms with Crippen LogP contribution in [0.4, 0.5) is 0 Å². The summed E-state index contributed by atoms with van der Waals surface area (Å²) in [5.41, 5.74) is -0.951. The summed E-state index contributed by atoms with van der Waals surface area (Å²) in [4.78, 5) is 34.8. The molecule has 0 fully saturated rings. The second-order valence-electron chi connectivity index (χ2n) is 3.32. The first-order valence-corrected chi connectivity index (χ1v) is 9.20. The zero-order chi connectivity index (χ0) is 13.9. The Kier molecular flexibility index (Phi) is 6.22. The maximum absolute atomic E-state index is 11.5. The van der Waals surface area contributed by atoms with E-state index in [1.807, 2.05) is 0 Å². The smallest absolute Gasteiger partial charge is 0.324 e. The second-order valence-corrected chi connectivity index (χ2v) is 8.56. The minimum atomic E-state index is -5.29. The van der Waals surface area contributed by atoms with E-state index in [4.69, 9.17) is 14.7 Å². The van der Waals surface area contributed by atoms with Gasteiger partial charge in [0.2, 0.25) is 0 Å². The third-order valence-electron chi connectivity index (χ3n) is 1.69. The fraction of sp³-hybridized carbons (Fsp3) is 1.00. The third-order valence-corrected chi connectivity index (χ3v) is 6.50. The predicted molar refractivity (Wildman–Crippen MR) is 58.2 cm³/mol. The molecule has 0 radical (unpaired) electrons. The van der Waals surface area contributed by atoms with Crippen LogP contribution in [0.3, 0.4) is 0 Å². The van der Waals surface area contributed by atoms with Gasteiger partial charge in [-0.1, -0.05) is 20.3 Å². The Morgan fingerprint density at radius 3 is 1.88 bits per heavy atom. The molecule has 0 bridgehead atoms. The summed E-state index contributed by atoms with van der Waals surface area (Å²) in [7, 11) is -15.1. The third kappa shape index (κ3) is 7.47. The highest BCUT2D eigenvalue weighted by Gasteiger charge is 2.41. The highest BCUT2D eigenvalue weighted by atomic mass is 31.3. The number of phosphoric acid groups is 2. The van der Waals surface area contributed by atoms with Crippen molar-refractivity contribution in [3.05, 3.63) is 0 Å². The van der Waals surface area contributed by atoms with Crippen molar-refractivity contribution in [2.45, 2.75) is 32.3 Å². The first-order valence-electron chi connectivity index (χ1n) is 4.53. The van der Waals surface area contributed by atoms with E-state index in [0.717, 1.165) is 0 Å². The van der Waals surface area contributed by atoms with Gasteiger partial charge in [-0.15, -0.1) is 0 Å². The number of rotatable bonds is 7. The van der Waals surface area contributed by atoms with Crippen LogP contribution in [0.2, 0.25) is 0 Å². The van der Waals surface area contributed by atoms with Gasteiger partial charge in [-0.25, -0.2) is 13.4 Å². The van der Waals surface area contributed by atoms with Crippen LogP contribution in [0.15, 0.2) is 0 Å². The van der Waals surface area contributed by atoms with Gasteiger partial charge < -0.3 is 19.6 Å². The molecule has 0 aliphatic rings. The van der Waals surface area contributed by atoms with E-state index in [0.29, 0.717) is 6.42 Å². The van der Waals surface area contributed by atoms with Gasteiger partial charge in [-0.2, -0.15) is 4.31 Å². The topological polar surface area (TPSA) is 151 Å². The molecule has 9 nitrogen and oxygen atoms in total. The monoisotopic (exact) mass is 312 g/mol. The van der Waals surface area contributed by atoms with Crippen LogP contribution < -0.4 is 0 Å².